The molecule has 0 atom stereocenters. The van der Waals surface area contributed by atoms with Gasteiger partial charge in [0, 0.05) is 24.2 Å². The molecule has 0 saturated heterocycles. The molecule has 0 unspecified atom stereocenters. The van der Waals surface area contributed by atoms with Gasteiger partial charge >= 0.3 is 6.03 Å². The number of aryl methyl sites for hydroxylation is 2. The molecular weight excluding hydrogens is 537 g/mol. The summed E-state index contributed by atoms with van der Waals surface area (Å²) in [7, 11) is 0. The summed E-state index contributed by atoms with van der Waals surface area (Å²) in [6.07, 6.45) is 1.51. The van der Waals surface area contributed by atoms with Crippen LogP contribution in [0.1, 0.15) is 21.9 Å². The predicted octanol–water partition coefficient (Wildman–Crippen LogP) is 4.97. The van der Waals surface area contributed by atoms with Crippen molar-refractivity contribution < 1.29 is 14.0 Å². The van der Waals surface area contributed by atoms with E-state index in [2.05, 4.69) is 46.8 Å². The molecule has 0 radical (unpaired) electrons. The van der Waals surface area contributed by atoms with Crippen LogP contribution in [0.15, 0.2) is 45.5 Å². The number of rotatable bonds is 4. The third kappa shape index (κ3) is 4.90. The van der Waals surface area contributed by atoms with Crippen molar-refractivity contribution in [1.29, 1.82) is 0 Å². The quantitative estimate of drug-likeness (QED) is 0.367. The number of halogens is 3. The summed E-state index contributed by atoms with van der Waals surface area (Å²) >= 11 is 15.6. The highest BCUT2D eigenvalue weighted by Crippen LogP contribution is 2.33. The molecule has 4 rings (SSSR count). The maximum absolute atomic E-state index is 12.9. The Morgan fingerprint density at radius 2 is 1.94 bits per heavy atom. The largest absolute Gasteiger partial charge is 0.421 e. The third-order valence-corrected chi connectivity index (χ3v) is 5.27. The molecule has 3 aromatic heterocycles. The molecule has 0 aliphatic carbocycles. The molecule has 0 aliphatic heterocycles. The lowest BCUT2D eigenvalue weighted by atomic mass is 10.1. The van der Waals surface area contributed by atoms with Crippen LogP contribution in [0.3, 0.4) is 0 Å². The van der Waals surface area contributed by atoms with Crippen LogP contribution >= 0.6 is 39.1 Å². The lowest BCUT2D eigenvalue weighted by Crippen LogP contribution is -2.35. The summed E-state index contributed by atoms with van der Waals surface area (Å²) in [5.41, 5.74) is 1.44. The van der Waals surface area contributed by atoms with Crippen LogP contribution in [-0.4, -0.2) is 36.9 Å². The second-order valence-corrected chi connectivity index (χ2v) is 8.41. The van der Waals surface area contributed by atoms with Crippen LogP contribution in [0, 0.1) is 13.8 Å². The molecule has 3 amide bonds. The molecule has 0 fully saturated rings. The summed E-state index contributed by atoms with van der Waals surface area (Å²) in [5, 5.41) is 17.6. The first-order valence-electron chi connectivity index (χ1n) is 9.32. The normalized spacial score (nSPS) is 10.8. The molecule has 168 valence electrons. The average molecular weight is 551 g/mol. The van der Waals surface area contributed by atoms with Crippen LogP contribution in [0.25, 0.3) is 17.3 Å². The number of urea groups is 1. The zero-order valence-corrected chi connectivity index (χ0v) is 20.2. The van der Waals surface area contributed by atoms with Gasteiger partial charge in [-0.05, 0) is 52.7 Å². The Kier molecular flexibility index (Phi) is 6.45. The Hall–Kier alpha value is -3.28. The fraction of sp³-hybridized carbons (Fsp3) is 0.100. The fourth-order valence-electron chi connectivity index (χ4n) is 3.00. The minimum absolute atomic E-state index is 0.0400. The van der Waals surface area contributed by atoms with E-state index >= 15 is 0 Å². The van der Waals surface area contributed by atoms with Gasteiger partial charge in [0.15, 0.2) is 5.82 Å². The van der Waals surface area contributed by atoms with E-state index in [1.807, 2.05) is 0 Å². The molecule has 0 spiro atoms. The van der Waals surface area contributed by atoms with Crippen molar-refractivity contribution >= 4 is 56.8 Å². The first-order chi connectivity index (χ1) is 15.7. The average Bonchev–Trinajstić information content (AvgIpc) is 3.35. The number of pyridine rings is 1. The third-order valence-electron chi connectivity index (χ3n) is 4.37. The van der Waals surface area contributed by atoms with Gasteiger partial charge in [-0.2, -0.15) is 5.10 Å². The molecule has 3 heterocycles. The number of hydrogen-bond donors (Lipinski definition) is 2. The van der Waals surface area contributed by atoms with E-state index < -0.39 is 11.9 Å². The Bertz CT molecular complexity index is 1390. The number of carbonyl (C=O) groups is 2. The van der Waals surface area contributed by atoms with Gasteiger partial charge in [-0.3, -0.25) is 10.1 Å². The number of imide groups is 1. The summed E-state index contributed by atoms with van der Waals surface area (Å²) in [5.74, 6) is 0.0268. The topological polar surface area (TPSA) is 128 Å². The lowest BCUT2D eigenvalue weighted by Gasteiger charge is -2.13. The van der Waals surface area contributed by atoms with Crippen molar-refractivity contribution in [2.45, 2.75) is 13.8 Å². The van der Waals surface area contributed by atoms with E-state index in [4.69, 9.17) is 27.6 Å². The number of aromatic nitrogens is 5. The second kappa shape index (κ2) is 9.30. The highest BCUT2D eigenvalue weighted by Gasteiger charge is 2.22. The minimum Gasteiger partial charge on any atom is -0.421 e. The predicted molar refractivity (Wildman–Crippen MR) is 125 cm³/mol. The maximum Gasteiger partial charge on any atom is 0.326 e. The van der Waals surface area contributed by atoms with Gasteiger partial charge in [0.05, 0.1) is 16.3 Å². The number of benzene rings is 1. The maximum atomic E-state index is 12.9. The van der Waals surface area contributed by atoms with Gasteiger partial charge in [-0.1, -0.05) is 23.2 Å². The summed E-state index contributed by atoms with van der Waals surface area (Å²) in [6, 6.07) is 7.13. The Morgan fingerprint density at radius 1 is 1.15 bits per heavy atom. The molecule has 10 nitrogen and oxygen atoms in total. The summed E-state index contributed by atoms with van der Waals surface area (Å²) < 4.78 is 7.07. The van der Waals surface area contributed by atoms with Gasteiger partial charge in [-0.15, -0.1) is 10.2 Å². The van der Waals surface area contributed by atoms with Crippen LogP contribution in [0.5, 0.6) is 0 Å². The van der Waals surface area contributed by atoms with E-state index in [0.717, 1.165) is 0 Å². The monoisotopic (exact) mass is 549 g/mol. The highest BCUT2D eigenvalue weighted by atomic mass is 79.9. The zero-order valence-electron chi connectivity index (χ0n) is 17.1. The second-order valence-electron chi connectivity index (χ2n) is 6.75. The molecule has 33 heavy (non-hydrogen) atoms. The first kappa shape index (κ1) is 22.9. The number of carbonyl (C=O) groups excluding carboxylic acids is 2. The van der Waals surface area contributed by atoms with Crippen molar-refractivity contribution in [3.63, 3.8) is 0 Å². The van der Waals surface area contributed by atoms with E-state index in [1.165, 1.54) is 16.9 Å². The van der Waals surface area contributed by atoms with Gasteiger partial charge in [0.2, 0.25) is 11.8 Å². The number of amides is 3. The fourth-order valence-corrected chi connectivity index (χ4v) is 3.85. The van der Waals surface area contributed by atoms with Crippen molar-refractivity contribution in [3.8, 4) is 17.3 Å². The van der Waals surface area contributed by atoms with Crippen molar-refractivity contribution in [3.05, 3.63) is 68.3 Å². The minimum atomic E-state index is -0.793. The number of nitrogens with one attached hydrogen (secondary N) is 2. The summed E-state index contributed by atoms with van der Waals surface area (Å²) in [6.45, 7) is 3.38. The molecule has 0 saturated carbocycles. The van der Waals surface area contributed by atoms with Crippen LogP contribution in [0.4, 0.5) is 10.5 Å². The van der Waals surface area contributed by atoms with E-state index in [9.17, 15) is 9.59 Å². The summed E-state index contributed by atoms with van der Waals surface area (Å²) in [4.78, 5) is 29.7. The van der Waals surface area contributed by atoms with E-state index in [-0.39, 0.29) is 22.4 Å². The standard InChI is InChI=1S/C20H14BrCl2N7O3/c1-9-6-11(22)7-12(19-28-27-10(2)33-19)16(9)25-20(32)26-18(31)14-8-15(21)29-30(14)17-13(23)4-3-5-24-17/h3-8H,1-2H3,(H2,25,26,31,32). The molecule has 4 aromatic rings. The van der Waals surface area contributed by atoms with Crippen molar-refractivity contribution in [1.82, 2.24) is 30.3 Å². The number of hydrogen-bond acceptors (Lipinski definition) is 7. The first-order valence-corrected chi connectivity index (χ1v) is 10.9. The van der Waals surface area contributed by atoms with Crippen molar-refractivity contribution in [2.75, 3.05) is 5.32 Å². The van der Waals surface area contributed by atoms with E-state index in [1.54, 1.807) is 38.1 Å². The number of anilines is 1. The Labute approximate surface area is 205 Å². The van der Waals surface area contributed by atoms with Gasteiger partial charge < -0.3 is 9.73 Å². The van der Waals surface area contributed by atoms with Crippen LogP contribution in [0.2, 0.25) is 10.0 Å². The highest BCUT2D eigenvalue weighted by molar-refractivity contribution is 9.10. The van der Waals surface area contributed by atoms with Gasteiger partial charge in [0.25, 0.3) is 5.91 Å². The Balaban J connectivity index is 1.60. The Morgan fingerprint density at radius 3 is 2.64 bits per heavy atom. The molecular formula is C20H14BrCl2N7O3. The molecule has 13 heteroatoms. The van der Waals surface area contributed by atoms with Crippen LogP contribution in [-0.2, 0) is 0 Å². The van der Waals surface area contributed by atoms with Gasteiger partial charge in [0.1, 0.15) is 10.3 Å². The van der Waals surface area contributed by atoms with Crippen molar-refractivity contribution in [2.24, 2.45) is 0 Å². The molecule has 1 aromatic carbocycles. The smallest absolute Gasteiger partial charge is 0.326 e. The van der Waals surface area contributed by atoms with Gasteiger partial charge in [-0.25, -0.2) is 14.5 Å². The molecule has 2 N–H and O–H groups in total. The number of nitrogens with zero attached hydrogens (tertiary/aromatic N) is 5. The van der Waals surface area contributed by atoms with E-state index in [0.29, 0.717) is 32.3 Å². The molecule has 0 bridgehead atoms. The zero-order chi connectivity index (χ0) is 23.7. The lowest BCUT2D eigenvalue weighted by molar-refractivity contribution is 0.0959. The molecule has 0 aliphatic rings. The SMILES string of the molecule is Cc1nnc(-c2cc(Cl)cc(C)c2NC(=O)NC(=O)c2cc(Br)nn2-c2ncccc2Cl)o1. The van der Waals surface area contributed by atoms with Crippen LogP contribution < -0.4 is 10.6 Å².